The molecule has 9 heteroatoms. The van der Waals surface area contributed by atoms with Gasteiger partial charge in [-0.1, -0.05) is 0 Å². The van der Waals surface area contributed by atoms with Crippen molar-refractivity contribution in [2.45, 2.75) is 6.92 Å². The van der Waals surface area contributed by atoms with Gasteiger partial charge in [0.1, 0.15) is 40.9 Å². The van der Waals surface area contributed by atoms with E-state index in [4.69, 9.17) is 13.9 Å². The first kappa shape index (κ1) is 23.2. The third-order valence-electron chi connectivity index (χ3n) is 5.76. The summed E-state index contributed by atoms with van der Waals surface area (Å²) >= 11 is 0. The van der Waals surface area contributed by atoms with Crippen molar-refractivity contribution in [2.75, 3.05) is 24.7 Å². The van der Waals surface area contributed by atoms with Crippen LogP contribution in [0.3, 0.4) is 0 Å². The molecule has 0 saturated carbocycles. The molecule has 2 heterocycles. The van der Waals surface area contributed by atoms with Gasteiger partial charge in [0.15, 0.2) is 0 Å². The number of benzene rings is 3. The minimum Gasteiger partial charge on any atom is -0.492 e. The number of Topliss-reactive ketones (excluding diaryl/α,β-unsaturated/α-hetero) is 1. The van der Waals surface area contributed by atoms with E-state index < -0.39 is 29.3 Å². The van der Waals surface area contributed by atoms with Gasteiger partial charge in [-0.05, 0) is 67.6 Å². The molecule has 182 valence electrons. The molecule has 0 saturated heterocycles. The highest BCUT2D eigenvalue weighted by Gasteiger charge is 2.35. The number of fused-ring (bicyclic) bond motifs is 2. The van der Waals surface area contributed by atoms with Crippen LogP contribution in [0.15, 0.2) is 65.1 Å². The van der Waals surface area contributed by atoms with Gasteiger partial charge in [-0.2, -0.15) is 0 Å². The van der Waals surface area contributed by atoms with Crippen molar-refractivity contribution in [2.24, 2.45) is 0 Å². The summed E-state index contributed by atoms with van der Waals surface area (Å²) in [6.07, 6.45) is 0. The highest BCUT2D eigenvalue weighted by atomic mass is 19.1. The van der Waals surface area contributed by atoms with E-state index in [9.17, 15) is 23.2 Å². The van der Waals surface area contributed by atoms with Gasteiger partial charge in [0.2, 0.25) is 0 Å². The fourth-order valence-corrected chi connectivity index (χ4v) is 4.13. The molecule has 0 N–H and O–H groups in total. The highest BCUT2D eigenvalue weighted by Crippen LogP contribution is 2.36. The third-order valence-corrected chi connectivity index (χ3v) is 5.76. The number of ether oxygens (including phenoxy) is 2. The van der Waals surface area contributed by atoms with Gasteiger partial charge < -0.3 is 18.8 Å². The molecule has 0 radical (unpaired) electrons. The van der Waals surface area contributed by atoms with Crippen LogP contribution in [0.1, 0.15) is 27.6 Å². The molecule has 0 aliphatic carbocycles. The molecule has 3 aromatic carbocycles. The summed E-state index contributed by atoms with van der Waals surface area (Å²) in [7, 11) is 0. The number of hydrogen-bond acceptors (Lipinski definition) is 6. The van der Waals surface area contributed by atoms with Crippen molar-refractivity contribution in [1.29, 1.82) is 0 Å². The maximum absolute atomic E-state index is 13.5. The number of carbonyl (C=O) groups is 3. The molecule has 0 atom stereocenters. The van der Waals surface area contributed by atoms with E-state index in [0.29, 0.717) is 28.0 Å². The molecule has 1 aliphatic heterocycles. The van der Waals surface area contributed by atoms with E-state index in [1.54, 1.807) is 25.1 Å². The molecule has 36 heavy (non-hydrogen) atoms. The van der Waals surface area contributed by atoms with E-state index in [2.05, 4.69) is 0 Å². The van der Waals surface area contributed by atoms with E-state index >= 15 is 0 Å². The van der Waals surface area contributed by atoms with Crippen molar-refractivity contribution in [3.63, 3.8) is 0 Å². The standard InChI is InChI=1S/C27H19F2NO6/c1-2-34-27(33)23-20-14-18(8-10-22(20)36-25(23)15-3-5-16(28)6-4-15)35-12-11-30-21-9-7-17(29)13-19(21)24(31)26(30)32/h3-10,13-14H,2,11-12H2,1H3. The molecule has 7 nitrogen and oxygen atoms in total. The lowest BCUT2D eigenvalue weighted by Crippen LogP contribution is -2.33. The lowest BCUT2D eigenvalue weighted by atomic mass is 10.1. The first-order valence-corrected chi connectivity index (χ1v) is 11.2. The monoisotopic (exact) mass is 491 g/mol. The van der Waals surface area contributed by atoms with E-state index in [-0.39, 0.29) is 36.6 Å². The maximum Gasteiger partial charge on any atom is 0.342 e. The van der Waals surface area contributed by atoms with Crippen molar-refractivity contribution in [1.82, 2.24) is 0 Å². The first-order chi connectivity index (χ1) is 17.4. The van der Waals surface area contributed by atoms with Crippen LogP contribution in [0.25, 0.3) is 22.3 Å². The number of esters is 1. The fraction of sp³-hybridized carbons (Fsp3) is 0.148. The number of furan rings is 1. The molecule has 0 spiro atoms. The van der Waals surface area contributed by atoms with Gasteiger partial charge in [0.25, 0.3) is 11.7 Å². The van der Waals surface area contributed by atoms with E-state index in [0.717, 1.165) is 6.07 Å². The summed E-state index contributed by atoms with van der Waals surface area (Å²) in [5.74, 6) is -2.51. The molecule has 0 unspecified atom stereocenters. The number of anilines is 1. The summed E-state index contributed by atoms with van der Waals surface area (Å²) in [5.41, 5.74) is 1.44. The number of hydrogen-bond donors (Lipinski definition) is 0. The number of amides is 1. The Kier molecular flexibility index (Phi) is 5.97. The Morgan fingerprint density at radius 3 is 2.47 bits per heavy atom. The van der Waals surface area contributed by atoms with Crippen LogP contribution in [-0.2, 0) is 9.53 Å². The number of carbonyl (C=O) groups excluding carboxylic acids is 3. The second-order valence-corrected chi connectivity index (χ2v) is 7.99. The minimum atomic E-state index is -0.767. The van der Waals surface area contributed by atoms with Crippen molar-refractivity contribution < 1.29 is 37.1 Å². The van der Waals surface area contributed by atoms with Gasteiger partial charge in [-0.25, -0.2) is 13.6 Å². The first-order valence-electron chi connectivity index (χ1n) is 11.2. The molecular weight excluding hydrogens is 472 g/mol. The summed E-state index contributed by atoms with van der Waals surface area (Å²) in [5, 5.41) is 0.443. The van der Waals surface area contributed by atoms with Crippen molar-refractivity contribution in [3.05, 3.63) is 83.4 Å². The minimum absolute atomic E-state index is 0.0206. The molecule has 4 aromatic rings. The zero-order chi connectivity index (χ0) is 25.4. The summed E-state index contributed by atoms with van der Waals surface area (Å²) < 4.78 is 43.8. The highest BCUT2D eigenvalue weighted by molar-refractivity contribution is 6.52. The van der Waals surface area contributed by atoms with Crippen LogP contribution in [0, 0.1) is 11.6 Å². The normalized spacial score (nSPS) is 12.8. The second kappa shape index (κ2) is 9.26. The Morgan fingerprint density at radius 2 is 1.72 bits per heavy atom. The smallest absolute Gasteiger partial charge is 0.342 e. The van der Waals surface area contributed by atoms with Crippen LogP contribution >= 0.6 is 0 Å². The van der Waals surface area contributed by atoms with Crippen LogP contribution in [0.4, 0.5) is 14.5 Å². The third kappa shape index (κ3) is 4.08. The second-order valence-electron chi connectivity index (χ2n) is 7.99. The predicted octanol–water partition coefficient (Wildman–Crippen LogP) is 5.16. The average Bonchev–Trinajstić information content (AvgIpc) is 3.35. The topological polar surface area (TPSA) is 86.1 Å². The zero-order valence-electron chi connectivity index (χ0n) is 19.0. The van der Waals surface area contributed by atoms with E-state index in [1.807, 2.05) is 0 Å². The predicted molar refractivity (Wildman–Crippen MR) is 126 cm³/mol. The van der Waals surface area contributed by atoms with Crippen LogP contribution in [0.2, 0.25) is 0 Å². The lowest BCUT2D eigenvalue weighted by Gasteiger charge is -2.16. The molecule has 1 aliphatic rings. The largest absolute Gasteiger partial charge is 0.492 e. The molecule has 0 bridgehead atoms. The Bertz CT molecular complexity index is 1510. The average molecular weight is 491 g/mol. The Hall–Kier alpha value is -4.53. The van der Waals surface area contributed by atoms with Gasteiger partial charge in [0.05, 0.1) is 24.4 Å². The number of nitrogens with zero attached hydrogens (tertiary/aromatic N) is 1. The van der Waals surface area contributed by atoms with Gasteiger partial charge in [-0.3, -0.25) is 9.59 Å². The molecule has 5 rings (SSSR count). The maximum atomic E-state index is 13.5. The van der Waals surface area contributed by atoms with Crippen LogP contribution in [0.5, 0.6) is 5.75 Å². The molecular formula is C27H19F2NO6. The molecule has 1 aromatic heterocycles. The SMILES string of the molecule is CCOC(=O)c1c(-c2ccc(F)cc2)oc2ccc(OCCN3C(=O)C(=O)c4cc(F)ccc43)cc12. The van der Waals surface area contributed by atoms with Crippen molar-refractivity contribution >= 4 is 34.3 Å². The van der Waals surface area contributed by atoms with Crippen molar-refractivity contribution in [3.8, 4) is 17.1 Å². The van der Waals surface area contributed by atoms with Crippen LogP contribution in [-0.4, -0.2) is 37.4 Å². The molecule has 0 fully saturated rings. The van der Waals surface area contributed by atoms with Gasteiger partial charge in [0, 0.05) is 10.9 Å². The lowest BCUT2D eigenvalue weighted by molar-refractivity contribution is -0.114. The summed E-state index contributed by atoms with van der Waals surface area (Å²) in [4.78, 5) is 38.5. The molecule has 1 amide bonds. The van der Waals surface area contributed by atoms with Gasteiger partial charge >= 0.3 is 5.97 Å². The number of halogens is 2. The number of rotatable bonds is 7. The summed E-state index contributed by atoms with van der Waals surface area (Å²) in [6.45, 7) is 1.92. The van der Waals surface area contributed by atoms with Crippen LogP contribution < -0.4 is 9.64 Å². The quantitative estimate of drug-likeness (QED) is 0.262. The van der Waals surface area contributed by atoms with E-state index in [1.165, 1.54) is 41.3 Å². The Morgan fingerprint density at radius 1 is 0.972 bits per heavy atom. The number of ketones is 1. The Balaban J connectivity index is 1.41. The Labute approximate surface area is 203 Å². The summed E-state index contributed by atoms with van der Waals surface area (Å²) in [6, 6.07) is 14.0. The fourth-order valence-electron chi connectivity index (χ4n) is 4.13. The van der Waals surface area contributed by atoms with Gasteiger partial charge in [-0.15, -0.1) is 0 Å². The zero-order valence-corrected chi connectivity index (χ0v) is 19.0.